The van der Waals surface area contributed by atoms with Crippen molar-refractivity contribution in [1.82, 2.24) is 5.32 Å². The number of carbonyl (C=O) groups is 1. The monoisotopic (exact) mass is 293 g/mol. The maximum atomic E-state index is 11.9. The van der Waals surface area contributed by atoms with E-state index < -0.39 is 5.54 Å². The van der Waals surface area contributed by atoms with Crippen molar-refractivity contribution < 1.29 is 14.6 Å². The van der Waals surface area contributed by atoms with Gasteiger partial charge < -0.3 is 15.2 Å². The summed E-state index contributed by atoms with van der Waals surface area (Å²) in [5, 5.41) is 12.4. The van der Waals surface area contributed by atoms with Gasteiger partial charge in [0.25, 0.3) is 0 Å². The maximum absolute atomic E-state index is 11.9. The van der Waals surface area contributed by atoms with Crippen LogP contribution in [0.15, 0.2) is 24.3 Å². The number of aryl methyl sites for hydroxylation is 1. The van der Waals surface area contributed by atoms with E-state index in [2.05, 4.69) is 5.32 Å². The number of amides is 1. The van der Waals surface area contributed by atoms with E-state index in [1.807, 2.05) is 45.0 Å². The molecule has 0 unspecified atom stereocenters. The fraction of sp³-hybridized carbons (Fsp3) is 0.588. The third kappa shape index (κ3) is 5.38. The molecule has 0 radical (unpaired) electrons. The molecule has 1 aromatic rings. The van der Waals surface area contributed by atoms with Crippen LogP contribution in [0.5, 0.6) is 5.75 Å². The Hall–Kier alpha value is -1.55. The Kier molecular flexibility index (Phi) is 7.23. The molecule has 1 aromatic carbocycles. The molecule has 4 heteroatoms. The van der Waals surface area contributed by atoms with Crippen LogP contribution in [0.4, 0.5) is 0 Å². The summed E-state index contributed by atoms with van der Waals surface area (Å²) >= 11 is 0. The largest absolute Gasteiger partial charge is 0.493 e. The zero-order chi connectivity index (χ0) is 15.7. The van der Waals surface area contributed by atoms with Gasteiger partial charge in [0.15, 0.2) is 0 Å². The van der Waals surface area contributed by atoms with Crippen LogP contribution < -0.4 is 10.1 Å². The standard InChI is InChI=1S/C17H27NO3/c1-4-17(5-2,13-19)18-16(20)11-8-12-21-15-10-7-6-9-14(15)3/h6-7,9-10,19H,4-5,8,11-13H2,1-3H3,(H,18,20). The smallest absolute Gasteiger partial charge is 0.220 e. The molecule has 4 nitrogen and oxygen atoms in total. The van der Waals surface area contributed by atoms with Crippen LogP contribution in [0.3, 0.4) is 0 Å². The molecule has 0 saturated carbocycles. The molecular formula is C17H27NO3. The first-order valence-corrected chi connectivity index (χ1v) is 7.67. The number of benzene rings is 1. The lowest BCUT2D eigenvalue weighted by molar-refractivity contribution is -0.124. The summed E-state index contributed by atoms with van der Waals surface area (Å²) in [4.78, 5) is 11.9. The van der Waals surface area contributed by atoms with Gasteiger partial charge in [0.05, 0.1) is 18.8 Å². The van der Waals surface area contributed by atoms with Crippen LogP contribution in [-0.4, -0.2) is 29.8 Å². The lowest BCUT2D eigenvalue weighted by atomic mass is 9.93. The first-order valence-electron chi connectivity index (χ1n) is 7.67. The van der Waals surface area contributed by atoms with Gasteiger partial charge in [0.1, 0.15) is 5.75 Å². The summed E-state index contributed by atoms with van der Waals surface area (Å²) in [5.41, 5.74) is 0.617. The van der Waals surface area contributed by atoms with E-state index in [0.29, 0.717) is 19.4 Å². The van der Waals surface area contributed by atoms with Crippen molar-refractivity contribution >= 4 is 5.91 Å². The van der Waals surface area contributed by atoms with Crippen LogP contribution in [0.25, 0.3) is 0 Å². The molecule has 0 fully saturated rings. The van der Waals surface area contributed by atoms with Crippen molar-refractivity contribution in [3.8, 4) is 5.75 Å². The van der Waals surface area contributed by atoms with E-state index in [0.717, 1.165) is 24.2 Å². The van der Waals surface area contributed by atoms with Gasteiger partial charge in [-0.1, -0.05) is 32.0 Å². The third-order valence-electron chi connectivity index (χ3n) is 3.96. The van der Waals surface area contributed by atoms with Crippen molar-refractivity contribution in [2.45, 2.75) is 52.0 Å². The van der Waals surface area contributed by atoms with Crippen molar-refractivity contribution in [3.63, 3.8) is 0 Å². The zero-order valence-corrected chi connectivity index (χ0v) is 13.3. The van der Waals surface area contributed by atoms with Gasteiger partial charge in [0.2, 0.25) is 5.91 Å². The van der Waals surface area contributed by atoms with Crippen molar-refractivity contribution in [3.05, 3.63) is 29.8 Å². The Morgan fingerprint density at radius 2 is 1.95 bits per heavy atom. The molecule has 0 atom stereocenters. The van der Waals surface area contributed by atoms with Crippen molar-refractivity contribution in [1.29, 1.82) is 0 Å². The highest BCUT2D eigenvalue weighted by molar-refractivity contribution is 5.76. The molecule has 1 amide bonds. The van der Waals surface area contributed by atoms with Gasteiger partial charge in [-0.15, -0.1) is 0 Å². The quantitative estimate of drug-likeness (QED) is 0.688. The van der Waals surface area contributed by atoms with E-state index in [9.17, 15) is 9.90 Å². The molecule has 21 heavy (non-hydrogen) atoms. The molecule has 2 N–H and O–H groups in total. The number of aliphatic hydroxyl groups excluding tert-OH is 1. The number of hydrogen-bond donors (Lipinski definition) is 2. The van der Waals surface area contributed by atoms with E-state index in [4.69, 9.17) is 4.74 Å². The Morgan fingerprint density at radius 1 is 1.29 bits per heavy atom. The number of carbonyl (C=O) groups excluding carboxylic acids is 1. The van der Waals surface area contributed by atoms with Gasteiger partial charge in [-0.2, -0.15) is 0 Å². The highest BCUT2D eigenvalue weighted by Crippen LogP contribution is 2.17. The van der Waals surface area contributed by atoms with Gasteiger partial charge >= 0.3 is 0 Å². The number of aliphatic hydroxyl groups is 1. The SMILES string of the molecule is CCC(CC)(CO)NC(=O)CCCOc1ccccc1C. The highest BCUT2D eigenvalue weighted by atomic mass is 16.5. The van der Waals surface area contributed by atoms with Crippen LogP contribution >= 0.6 is 0 Å². The van der Waals surface area contributed by atoms with E-state index in [1.54, 1.807) is 0 Å². The third-order valence-corrected chi connectivity index (χ3v) is 3.96. The maximum Gasteiger partial charge on any atom is 0.220 e. The summed E-state index contributed by atoms with van der Waals surface area (Å²) in [6, 6.07) is 7.84. The van der Waals surface area contributed by atoms with Crippen LogP contribution in [0, 0.1) is 6.92 Å². The van der Waals surface area contributed by atoms with E-state index in [1.165, 1.54) is 0 Å². The average molecular weight is 293 g/mol. The second-order valence-corrected chi connectivity index (χ2v) is 5.41. The van der Waals surface area contributed by atoms with Crippen LogP contribution in [0.1, 0.15) is 45.1 Å². The Morgan fingerprint density at radius 3 is 2.52 bits per heavy atom. The number of para-hydroxylation sites is 1. The highest BCUT2D eigenvalue weighted by Gasteiger charge is 2.26. The molecule has 0 aliphatic heterocycles. The summed E-state index contributed by atoms with van der Waals surface area (Å²) in [5.74, 6) is 0.839. The van der Waals surface area contributed by atoms with E-state index in [-0.39, 0.29) is 12.5 Å². The lowest BCUT2D eigenvalue weighted by Crippen LogP contribution is -2.50. The minimum atomic E-state index is -0.478. The second kappa shape index (κ2) is 8.67. The first-order chi connectivity index (χ1) is 10.1. The normalized spacial score (nSPS) is 11.2. The molecule has 0 spiro atoms. The fourth-order valence-electron chi connectivity index (χ4n) is 2.18. The molecule has 0 aliphatic carbocycles. The van der Waals surface area contributed by atoms with Crippen LogP contribution in [-0.2, 0) is 4.79 Å². The fourth-order valence-corrected chi connectivity index (χ4v) is 2.18. The predicted octanol–water partition coefficient (Wildman–Crippen LogP) is 2.82. The molecule has 0 aliphatic rings. The van der Waals surface area contributed by atoms with Crippen molar-refractivity contribution in [2.75, 3.05) is 13.2 Å². The van der Waals surface area contributed by atoms with Crippen LogP contribution in [0.2, 0.25) is 0 Å². The van der Waals surface area contributed by atoms with Gasteiger partial charge in [0, 0.05) is 6.42 Å². The molecule has 118 valence electrons. The predicted molar refractivity (Wildman–Crippen MR) is 84.4 cm³/mol. The Balaban J connectivity index is 2.32. The first kappa shape index (κ1) is 17.5. The summed E-state index contributed by atoms with van der Waals surface area (Å²) in [7, 11) is 0. The molecule has 1 rings (SSSR count). The van der Waals surface area contributed by atoms with Crippen molar-refractivity contribution in [2.24, 2.45) is 0 Å². The zero-order valence-electron chi connectivity index (χ0n) is 13.3. The summed E-state index contributed by atoms with van der Waals surface area (Å²) in [6.07, 6.45) is 2.53. The Labute approximate surface area is 127 Å². The molecular weight excluding hydrogens is 266 g/mol. The van der Waals surface area contributed by atoms with Gasteiger partial charge in [-0.25, -0.2) is 0 Å². The van der Waals surface area contributed by atoms with E-state index >= 15 is 0 Å². The minimum absolute atomic E-state index is 0.0224. The topological polar surface area (TPSA) is 58.6 Å². The second-order valence-electron chi connectivity index (χ2n) is 5.41. The van der Waals surface area contributed by atoms with Gasteiger partial charge in [-0.05, 0) is 37.8 Å². The lowest BCUT2D eigenvalue weighted by Gasteiger charge is -2.30. The number of nitrogens with one attached hydrogen (secondary N) is 1. The summed E-state index contributed by atoms with van der Waals surface area (Å²) in [6.45, 7) is 6.44. The summed E-state index contributed by atoms with van der Waals surface area (Å²) < 4.78 is 5.67. The molecule has 0 bridgehead atoms. The number of ether oxygens (including phenoxy) is 1. The van der Waals surface area contributed by atoms with Gasteiger partial charge in [-0.3, -0.25) is 4.79 Å². The molecule has 0 saturated heterocycles. The number of rotatable bonds is 9. The average Bonchev–Trinajstić information content (AvgIpc) is 2.51. The number of hydrogen-bond acceptors (Lipinski definition) is 3. The molecule has 0 aromatic heterocycles. The minimum Gasteiger partial charge on any atom is -0.493 e. The molecule has 0 heterocycles. The Bertz CT molecular complexity index is 433.